The lowest BCUT2D eigenvalue weighted by Gasteiger charge is -2.31. The zero-order chi connectivity index (χ0) is 21.0. The molecule has 1 fully saturated rings. The Morgan fingerprint density at radius 1 is 1.24 bits per heavy atom. The van der Waals surface area contributed by atoms with Crippen LogP contribution in [-0.2, 0) is 12.1 Å². The highest BCUT2D eigenvalue weighted by molar-refractivity contribution is 5.75. The van der Waals surface area contributed by atoms with E-state index in [1.807, 2.05) is 50.8 Å². The quantitative estimate of drug-likeness (QED) is 0.824. The number of nitrogens with one attached hydrogen (secondary N) is 1. The number of urea groups is 1. The molecule has 0 radical (unpaired) electrons. The third-order valence-electron chi connectivity index (χ3n) is 5.43. The van der Waals surface area contributed by atoms with E-state index < -0.39 is 5.54 Å². The maximum atomic E-state index is 13.0. The number of allylic oxidation sites excluding steroid dienone is 1. The molecule has 0 bridgehead atoms. The van der Waals surface area contributed by atoms with E-state index in [9.17, 15) is 4.79 Å². The predicted octanol–water partition coefficient (Wildman–Crippen LogP) is 4.17. The summed E-state index contributed by atoms with van der Waals surface area (Å²) in [6, 6.07) is 10.2. The Kier molecular flexibility index (Phi) is 6.42. The van der Waals surface area contributed by atoms with Crippen molar-refractivity contribution in [2.45, 2.75) is 46.2 Å². The highest BCUT2D eigenvalue weighted by atomic mass is 16.5. The third kappa shape index (κ3) is 5.48. The molecule has 1 aromatic heterocycles. The molecule has 2 heterocycles. The van der Waals surface area contributed by atoms with E-state index in [4.69, 9.17) is 4.52 Å². The van der Waals surface area contributed by atoms with Gasteiger partial charge in [0.15, 0.2) is 0 Å². The second kappa shape index (κ2) is 8.82. The number of carbonyl (C=O) groups is 1. The van der Waals surface area contributed by atoms with E-state index in [0.29, 0.717) is 6.54 Å². The Hall–Kier alpha value is -2.60. The monoisotopic (exact) mass is 396 g/mol. The molecular weight excluding hydrogens is 364 g/mol. The molecule has 0 aliphatic carbocycles. The highest BCUT2D eigenvalue weighted by Gasteiger charge is 2.27. The number of carbonyl (C=O) groups excluding carboxylic acids is 1. The zero-order valence-corrected chi connectivity index (χ0v) is 18.0. The van der Waals surface area contributed by atoms with Crippen molar-refractivity contribution >= 4 is 11.6 Å². The zero-order valence-electron chi connectivity index (χ0n) is 18.0. The first kappa shape index (κ1) is 21.1. The van der Waals surface area contributed by atoms with E-state index in [1.165, 1.54) is 0 Å². The molecule has 1 aliphatic rings. The van der Waals surface area contributed by atoms with Crippen molar-refractivity contribution in [1.82, 2.24) is 20.3 Å². The molecule has 6 heteroatoms. The summed E-state index contributed by atoms with van der Waals surface area (Å²) in [6.45, 7) is 16.0. The first-order valence-corrected chi connectivity index (χ1v) is 10.2. The molecule has 1 N–H and O–H groups in total. The lowest BCUT2D eigenvalue weighted by molar-refractivity contribution is 0.186. The number of rotatable bonds is 5. The van der Waals surface area contributed by atoms with Crippen LogP contribution >= 0.6 is 0 Å². The van der Waals surface area contributed by atoms with Gasteiger partial charge in [-0.15, -0.1) is 0 Å². The van der Waals surface area contributed by atoms with Gasteiger partial charge in [0.25, 0.3) is 0 Å². The Bertz CT molecular complexity index is 871. The molecule has 0 spiro atoms. The van der Waals surface area contributed by atoms with Gasteiger partial charge < -0.3 is 14.7 Å². The van der Waals surface area contributed by atoms with Gasteiger partial charge in [-0.05, 0) is 51.3 Å². The van der Waals surface area contributed by atoms with Gasteiger partial charge in [-0.25, -0.2) is 4.79 Å². The minimum absolute atomic E-state index is 0.0186. The molecule has 6 nitrogen and oxygen atoms in total. The van der Waals surface area contributed by atoms with Crippen LogP contribution in [0.25, 0.3) is 5.57 Å². The predicted molar refractivity (Wildman–Crippen MR) is 115 cm³/mol. The number of aryl methyl sites for hydroxylation is 1. The standard InChI is InChI=1S/C23H32N4O2/c1-17(2)19-8-6-9-20(15-19)23(4,5)24-22(28)27-11-7-10-26(12-13-27)16-21-14-18(3)29-25-21/h6,8-9,14-15H,1,7,10-13,16H2,2-5H3,(H,24,28). The molecule has 1 saturated heterocycles. The number of nitrogens with zero attached hydrogens (tertiary/aromatic N) is 3. The summed E-state index contributed by atoms with van der Waals surface area (Å²) in [7, 11) is 0. The van der Waals surface area contributed by atoms with Crippen molar-refractivity contribution in [3.05, 3.63) is 59.5 Å². The van der Waals surface area contributed by atoms with Gasteiger partial charge in [-0.3, -0.25) is 4.90 Å². The minimum atomic E-state index is -0.466. The van der Waals surface area contributed by atoms with Crippen molar-refractivity contribution in [1.29, 1.82) is 0 Å². The summed E-state index contributed by atoms with van der Waals surface area (Å²) >= 11 is 0. The normalized spacial score (nSPS) is 15.8. The van der Waals surface area contributed by atoms with Gasteiger partial charge in [0, 0.05) is 38.8 Å². The van der Waals surface area contributed by atoms with E-state index in [-0.39, 0.29) is 6.03 Å². The van der Waals surface area contributed by atoms with Gasteiger partial charge in [0.05, 0.1) is 11.2 Å². The summed E-state index contributed by atoms with van der Waals surface area (Å²) < 4.78 is 5.16. The van der Waals surface area contributed by atoms with Crippen molar-refractivity contribution < 1.29 is 9.32 Å². The summed E-state index contributed by atoms with van der Waals surface area (Å²) in [4.78, 5) is 17.2. The van der Waals surface area contributed by atoms with Crippen LogP contribution in [-0.4, -0.2) is 47.2 Å². The molecule has 2 amide bonds. The second-order valence-electron chi connectivity index (χ2n) is 8.46. The van der Waals surface area contributed by atoms with Crippen LogP contribution < -0.4 is 5.32 Å². The fourth-order valence-corrected chi connectivity index (χ4v) is 3.65. The molecule has 3 rings (SSSR count). The van der Waals surface area contributed by atoms with E-state index in [1.54, 1.807) is 0 Å². The highest BCUT2D eigenvalue weighted by Crippen LogP contribution is 2.24. The van der Waals surface area contributed by atoms with Crippen LogP contribution in [0.4, 0.5) is 4.79 Å². The van der Waals surface area contributed by atoms with Crippen LogP contribution in [0.3, 0.4) is 0 Å². The Morgan fingerprint density at radius 3 is 2.72 bits per heavy atom. The molecule has 1 aliphatic heterocycles. The fourth-order valence-electron chi connectivity index (χ4n) is 3.65. The van der Waals surface area contributed by atoms with Crippen LogP contribution in [0.15, 0.2) is 41.4 Å². The number of amides is 2. The molecule has 156 valence electrons. The number of hydrogen-bond donors (Lipinski definition) is 1. The molecule has 0 unspecified atom stereocenters. The lowest BCUT2D eigenvalue weighted by atomic mass is 9.92. The average molecular weight is 397 g/mol. The molecule has 0 saturated carbocycles. The molecule has 1 aromatic carbocycles. The Labute approximate surface area is 173 Å². The first-order valence-electron chi connectivity index (χ1n) is 10.2. The number of hydrogen-bond acceptors (Lipinski definition) is 4. The summed E-state index contributed by atoms with van der Waals surface area (Å²) in [5.74, 6) is 0.828. The fraction of sp³-hybridized carbons (Fsp3) is 0.478. The largest absolute Gasteiger partial charge is 0.361 e. The van der Waals surface area contributed by atoms with Gasteiger partial charge >= 0.3 is 6.03 Å². The maximum absolute atomic E-state index is 13.0. The number of benzene rings is 1. The van der Waals surface area contributed by atoms with Crippen LogP contribution in [0.1, 0.15) is 49.8 Å². The van der Waals surface area contributed by atoms with Crippen molar-refractivity contribution in [2.75, 3.05) is 26.2 Å². The molecular formula is C23H32N4O2. The lowest BCUT2D eigenvalue weighted by Crippen LogP contribution is -2.49. The van der Waals surface area contributed by atoms with Crippen molar-refractivity contribution in [2.24, 2.45) is 0 Å². The third-order valence-corrected chi connectivity index (χ3v) is 5.43. The second-order valence-corrected chi connectivity index (χ2v) is 8.46. The molecule has 0 atom stereocenters. The van der Waals surface area contributed by atoms with E-state index >= 15 is 0 Å². The van der Waals surface area contributed by atoms with E-state index in [2.05, 4.69) is 34.1 Å². The minimum Gasteiger partial charge on any atom is -0.361 e. The van der Waals surface area contributed by atoms with Gasteiger partial charge in [0.1, 0.15) is 5.76 Å². The Morgan fingerprint density at radius 2 is 2.03 bits per heavy atom. The Balaban J connectivity index is 1.60. The summed E-state index contributed by atoms with van der Waals surface area (Å²) in [5.41, 5.74) is 3.66. The first-order chi connectivity index (χ1) is 13.7. The summed E-state index contributed by atoms with van der Waals surface area (Å²) in [6.07, 6.45) is 0.940. The maximum Gasteiger partial charge on any atom is 0.318 e. The molecule has 2 aromatic rings. The molecule has 29 heavy (non-hydrogen) atoms. The van der Waals surface area contributed by atoms with E-state index in [0.717, 1.165) is 60.8 Å². The number of aromatic nitrogens is 1. The smallest absolute Gasteiger partial charge is 0.318 e. The SMILES string of the molecule is C=C(C)c1cccc(C(C)(C)NC(=O)N2CCCN(Cc3cc(C)on3)CC2)c1. The summed E-state index contributed by atoms with van der Waals surface area (Å²) in [5, 5.41) is 7.30. The van der Waals surface area contributed by atoms with Crippen LogP contribution in [0.2, 0.25) is 0 Å². The average Bonchev–Trinajstić information content (AvgIpc) is 2.93. The van der Waals surface area contributed by atoms with Gasteiger partial charge in [0.2, 0.25) is 0 Å². The van der Waals surface area contributed by atoms with Crippen molar-refractivity contribution in [3.63, 3.8) is 0 Å². The van der Waals surface area contributed by atoms with Crippen LogP contribution in [0, 0.1) is 6.92 Å². The van der Waals surface area contributed by atoms with Gasteiger partial charge in [-0.1, -0.05) is 35.5 Å². The van der Waals surface area contributed by atoms with Crippen molar-refractivity contribution in [3.8, 4) is 0 Å². The van der Waals surface area contributed by atoms with Gasteiger partial charge in [-0.2, -0.15) is 0 Å². The topological polar surface area (TPSA) is 61.6 Å². The van der Waals surface area contributed by atoms with Crippen LogP contribution in [0.5, 0.6) is 0 Å².